The predicted molar refractivity (Wildman–Crippen MR) is 109 cm³/mol. The molecule has 1 aliphatic carbocycles. The van der Waals surface area contributed by atoms with Crippen LogP contribution in [-0.4, -0.2) is 71.5 Å². The molecule has 2 unspecified atom stereocenters. The average Bonchev–Trinajstić information content (AvgIpc) is 3.32. The normalized spacial score (nSPS) is 31.5. The summed E-state index contributed by atoms with van der Waals surface area (Å²) in [4.78, 5) is 19.6. The first-order chi connectivity index (χ1) is 13.7. The molecule has 1 saturated carbocycles. The van der Waals surface area contributed by atoms with Crippen molar-refractivity contribution < 1.29 is 9.53 Å². The fraction of sp³-hybridized carbons (Fsp3) is 0.696. The minimum atomic E-state index is 0.0444. The lowest BCUT2D eigenvalue weighted by molar-refractivity contribution is -0.138. The van der Waals surface area contributed by atoms with Crippen LogP contribution in [0.3, 0.4) is 0 Å². The molecule has 5 nitrogen and oxygen atoms in total. The number of ether oxygens (including phenoxy) is 1. The number of piperazine rings is 1. The Hall–Kier alpha value is -1.59. The smallest absolute Gasteiger partial charge is 0.237 e. The zero-order chi connectivity index (χ0) is 19.0. The van der Waals surface area contributed by atoms with E-state index in [0.29, 0.717) is 18.5 Å². The van der Waals surface area contributed by atoms with E-state index in [2.05, 4.69) is 39.0 Å². The zero-order valence-electron chi connectivity index (χ0n) is 16.9. The summed E-state index contributed by atoms with van der Waals surface area (Å²) in [7, 11) is 0. The number of rotatable bonds is 5. The van der Waals surface area contributed by atoms with Crippen molar-refractivity contribution in [1.82, 2.24) is 14.7 Å². The maximum atomic E-state index is 12.6. The molecule has 152 valence electrons. The molecule has 3 aliphatic heterocycles. The van der Waals surface area contributed by atoms with Gasteiger partial charge in [0.2, 0.25) is 5.91 Å². The molecule has 4 aliphatic rings. The minimum absolute atomic E-state index is 0.0444. The maximum Gasteiger partial charge on any atom is 0.237 e. The molecular weight excluding hydrogens is 350 g/mol. The lowest BCUT2D eigenvalue weighted by Gasteiger charge is -2.38. The van der Waals surface area contributed by atoms with Crippen LogP contribution in [0, 0.1) is 0 Å². The van der Waals surface area contributed by atoms with Crippen LogP contribution >= 0.6 is 0 Å². The molecule has 3 heterocycles. The quantitative estimate of drug-likeness (QED) is 0.783. The summed E-state index contributed by atoms with van der Waals surface area (Å²) in [5.41, 5.74) is 1.31. The Kier molecular flexibility index (Phi) is 5.06. The molecule has 3 saturated heterocycles. The van der Waals surface area contributed by atoms with E-state index in [1.165, 1.54) is 57.2 Å². The van der Waals surface area contributed by atoms with Crippen molar-refractivity contribution in [3.8, 4) is 5.75 Å². The van der Waals surface area contributed by atoms with Crippen molar-refractivity contribution in [1.29, 1.82) is 0 Å². The molecule has 0 radical (unpaired) electrons. The molecular formula is C23H33N3O2. The highest BCUT2D eigenvalue weighted by atomic mass is 16.5. The molecule has 2 bridgehead atoms. The highest BCUT2D eigenvalue weighted by molar-refractivity contribution is 5.79. The van der Waals surface area contributed by atoms with E-state index in [1.807, 2.05) is 0 Å². The largest absolute Gasteiger partial charge is 0.486 e. The maximum absolute atomic E-state index is 12.6. The lowest BCUT2D eigenvalue weighted by Crippen LogP contribution is -2.53. The number of piperidine rings is 1. The van der Waals surface area contributed by atoms with Gasteiger partial charge in [-0.2, -0.15) is 0 Å². The Morgan fingerprint density at radius 1 is 0.964 bits per heavy atom. The molecule has 0 N–H and O–H groups in total. The van der Waals surface area contributed by atoms with E-state index in [-0.39, 0.29) is 5.60 Å². The number of hydrogen-bond donors (Lipinski definition) is 0. The first-order valence-electron chi connectivity index (χ1n) is 11.2. The second kappa shape index (κ2) is 7.68. The summed E-state index contributed by atoms with van der Waals surface area (Å²) < 4.78 is 6.45. The first kappa shape index (κ1) is 18.4. The molecule has 1 aromatic rings. The topological polar surface area (TPSA) is 36.0 Å². The third-order valence-corrected chi connectivity index (χ3v) is 7.27. The van der Waals surface area contributed by atoms with Crippen LogP contribution in [0.2, 0.25) is 0 Å². The van der Waals surface area contributed by atoms with Gasteiger partial charge < -0.3 is 9.64 Å². The molecule has 28 heavy (non-hydrogen) atoms. The van der Waals surface area contributed by atoms with Gasteiger partial charge in [0.1, 0.15) is 11.4 Å². The second-order valence-electron chi connectivity index (χ2n) is 9.29. The summed E-state index contributed by atoms with van der Waals surface area (Å²) in [6.07, 6.45) is 8.55. The van der Waals surface area contributed by atoms with Gasteiger partial charge in [-0.3, -0.25) is 14.6 Å². The number of carbonyl (C=O) groups excluding carboxylic acids is 1. The number of fused-ring (bicyclic) bond motifs is 2. The van der Waals surface area contributed by atoms with Gasteiger partial charge in [-0.25, -0.2) is 0 Å². The lowest BCUT2D eigenvalue weighted by atomic mass is 9.94. The van der Waals surface area contributed by atoms with E-state index < -0.39 is 0 Å². The molecule has 0 spiro atoms. The van der Waals surface area contributed by atoms with Gasteiger partial charge >= 0.3 is 0 Å². The van der Waals surface area contributed by atoms with Crippen LogP contribution in [0.5, 0.6) is 5.75 Å². The zero-order valence-corrected chi connectivity index (χ0v) is 16.9. The van der Waals surface area contributed by atoms with Crippen LogP contribution in [0.25, 0.3) is 0 Å². The molecule has 2 atom stereocenters. The van der Waals surface area contributed by atoms with Gasteiger partial charge in [0, 0.05) is 45.2 Å². The van der Waals surface area contributed by atoms with Crippen LogP contribution in [0.15, 0.2) is 24.3 Å². The van der Waals surface area contributed by atoms with Crippen LogP contribution in [-0.2, 0) is 11.3 Å². The molecule has 0 aromatic heterocycles. The van der Waals surface area contributed by atoms with Gasteiger partial charge in [0.25, 0.3) is 0 Å². The first-order valence-corrected chi connectivity index (χ1v) is 11.2. The van der Waals surface area contributed by atoms with Crippen molar-refractivity contribution in [2.45, 2.75) is 63.1 Å². The molecule has 1 amide bonds. The highest BCUT2D eigenvalue weighted by Gasteiger charge is 2.42. The van der Waals surface area contributed by atoms with Crippen LogP contribution < -0.4 is 4.74 Å². The SMILES string of the molecule is O=C1CN(Cc2ccc(OC34CCCN(CC3)C4)cc2)CCN1C1CCCC1. The van der Waals surface area contributed by atoms with Crippen molar-refractivity contribution in [3.63, 3.8) is 0 Å². The molecule has 5 rings (SSSR count). The fourth-order valence-electron chi connectivity index (χ4n) is 5.72. The summed E-state index contributed by atoms with van der Waals surface area (Å²) in [5.74, 6) is 1.31. The van der Waals surface area contributed by atoms with Crippen molar-refractivity contribution in [2.24, 2.45) is 0 Å². The Balaban J connectivity index is 1.15. The number of hydrogen-bond acceptors (Lipinski definition) is 4. The Bertz CT molecular complexity index is 696. The van der Waals surface area contributed by atoms with E-state index in [9.17, 15) is 4.79 Å². The van der Waals surface area contributed by atoms with E-state index in [1.54, 1.807) is 0 Å². The van der Waals surface area contributed by atoms with Crippen LogP contribution in [0.1, 0.15) is 50.5 Å². The van der Waals surface area contributed by atoms with Gasteiger partial charge in [-0.15, -0.1) is 0 Å². The Morgan fingerprint density at radius 2 is 1.79 bits per heavy atom. The molecule has 5 heteroatoms. The van der Waals surface area contributed by atoms with Crippen molar-refractivity contribution in [3.05, 3.63) is 29.8 Å². The minimum Gasteiger partial charge on any atom is -0.486 e. The standard InChI is InChI=1S/C23H33N3O2/c27-22-17-25(14-15-26(22)20-4-1-2-5-20)16-19-6-8-21(9-7-19)28-23-10-3-12-24(18-23)13-11-23/h6-9,20H,1-5,10-18H2. The summed E-state index contributed by atoms with van der Waals surface area (Å²) in [6, 6.07) is 9.11. The van der Waals surface area contributed by atoms with Crippen LogP contribution in [0.4, 0.5) is 0 Å². The van der Waals surface area contributed by atoms with Gasteiger partial charge in [0.05, 0.1) is 6.54 Å². The Labute approximate surface area is 168 Å². The van der Waals surface area contributed by atoms with Gasteiger partial charge in [-0.1, -0.05) is 25.0 Å². The van der Waals surface area contributed by atoms with Gasteiger partial charge in [0.15, 0.2) is 0 Å². The summed E-state index contributed by atoms with van der Waals surface area (Å²) in [5, 5.41) is 0. The number of benzene rings is 1. The summed E-state index contributed by atoms with van der Waals surface area (Å²) in [6.45, 7) is 6.79. The summed E-state index contributed by atoms with van der Waals surface area (Å²) >= 11 is 0. The molecule has 4 fully saturated rings. The van der Waals surface area contributed by atoms with Crippen molar-refractivity contribution >= 4 is 5.91 Å². The highest BCUT2D eigenvalue weighted by Crippen LogP contribution is 2.35. The number of nitrogens with zero attached hydrogens (tertiary/aromatic N) is 3. The van der Waals surface area contributed by atoms with Crippen molar-refractivity contribution in [2.75, 3.05) is 39.3 Å². The van der Waals surface area contributed by atoms with E-state index in [4.69, 9.17) is 4.74 Å². The third-order valence-electron chi connectivity index (χ3n) is 7.27. The number of amides is 1. The van der Waals surface area contributed by atoms with E-state index in [0.717, 1.165) is 38.3 Å². The fourth-order valence-corrected chi connectivity index (χ4v) is 5.72. The Morgan fingerprint density at radius 3 is 2.57 bits per heavy atom. The number of carbonyl (C=O) groups is 1. The predicted octanol–water partition coefficient (Wildman–Crippen LogP) is 2.89. The van der Waals surface area contributed by atoms with Gasteiger partial charge in [-0.05, 0) is 49.9 Å². The average molecular weight is 384 g/mol. The monoisotopic (exact) mass is 383 g/mol. The third kappa shape index (κ3) is 3.79. The second-order valence-corrected chi connectivity index (χ2v) is 9.29. The van der Waals surface area contributed by atoms with E-state index >= 15 is 0 Å². The molecule has 1 aromatic carbocycles.